The molecule has 1 aromatic heterocycles. The lowest BCUT2D eigenvalue weighted by molar-refractivity contribution is -0.122. The first kappa shape index (κ1) is 31.5. The molecule has 2 saturated heterocycles. The minimum absolute atomic E-state index is 0.117. The second-order valence-corrected chi connectivity index (χ2v) is 12.7. The van der Waals surface area contributed by atoms with Crippen LogP contribution in [0.1, 0.15) is 41.2 Å². The van der Waals surface area contributed by atoms with Crippen LogP contribution in [0.15, 0.2) is 64.3 Å². The van der Waals surface area contributed by atoms with Crippen molar-refractivity contribution in [2.45, 2.75) is 39.8 Å². The van der Waals surface area contributed by atoms with E-state index in [9.17, 15) is 14.9 Å². The van der Waals surface area contributed by atoms with Crippen molar-refractivity contribution in [2.24, 2.45) is 0 Å². The first-order valence-electron chi connectivity index (χ1n) is 14.9. The largest absolute Gasteiger partial charge is 0.497 e. The van der Waals surface area contributed by atoms with Gasteiger partial charge in [-0.05, 0) is 54.7 Å². The van der Waals surface area contributed by atoms with Gasteiger partial charge < -0.3 is 9.64 Å². The fourth-order valence-electron chi connectivity index (χ4n) is 5.73. The number of nitriles is 1. The van der Waals surface area contributed by atoms with Gasteiger partial charge in [0.05, 0.1) is 12.0 Å². The fraction of sp³-hybridized carbons (Fsp3) is 0.353. The number of methoxy groups -OCH3 is 1. The zero-order chi connectivity index (χ0) is 31.2. The van der Waals surface area contributed by atoms with Gasteiger partial charge in [-0.2, -0.15) is 5.26 Å². The summed E-state index contributed by atoms with van der Waals surface area (Å²) in [6, 6.07) is 20.4. The van der Waals surface area contributed by atoms with Crippen molar-refractivity contribution >= 4 is 46.1 Å². The Balaban J connectivity index is 1.44. The number of aromatic nitrogens is 1. The minimum atomic E-state index is -0.280. The average molecular weight is 628 g/mol. The summed E-state index contributed by atoms with van der Waals surface area (Å²) >= 11 is 6.92. The predicted octanol–water partition coefficient (Wildman–Crippen LogP) is 5.21. The maximum atomic E-state index is 13.7. The lowest BCUT2D eigenvalue weighted by atomic mass is 10.0. The van der Waals surface area contributed by atoms with Gasteiger partial charge in [0.1, 0.15) is 27.5 Å². The Hall–Kier alpha value is -3.91. The van der Waals surface area contributed by atoms with Gasteiger partial charge >= 0.3 is 0 Å². The number of pyridine rings is 1. The zero-order valence-corrected chi connectivity index (χ0v) is 27.0. The number of amides is 1. The molecule has 10 heteroatoms. The van der Waals surface area contributed by atoms with E-state index in [1.54, 1.807) is 16.6 Å². The molecule has 5 rings (SSSR count). The second-order valence-electron chi connectivity index (χ2n) is 11.0. The molecule has 44 heavy (non-hydrogen) atoms. The van der Waals surface area contributed by atoms with E-state index in [-0.39, 0.29) is 17.0 Å². The van der Waals surface area contributed by atoms with Gasteiger partial charge in [-0.15, -0.1) is 0 Å². The number of carbonyl (C=O) groups is 1. The molecule has 0 spiro atoms. The number of thioether (sulfide) groups is 1. The molecule has 8 nitrogen and oxygen atoms in total. The van der Waals surface area contributed by atoms with Gasteiger partial charge in [-0.1, -0.05) is 73.4 Å². The topological polar surface area (TPSA) is 81.8 Å². The molecule has 1 amide bonds. The third-order valence-corrected chi connectivity index (χ3v) is 9.52. The van der Waals surface area contributed by atoms with Gasteiger partial charge in [0.25, 0.3) is 11.5 Å². The van der Waals surface area contributed by atoms with Gasteiger partial charge in [-0.25, -0.2) is 0 Å². The van der Waals surface area contributed by atoms with E-state index in [0.29, 0.717) is 34.3 Å². The standard InChI is InChI=1S/C34H37N5O3S2/c1-4-15-38-31(37-19-17-36(18-20-37)23-26-8-6-5-7-9-26)28(24(2)29(22-35)32(38)40)21-30-33(41)39(34(43)44-30)16-14-25-10-12-27(42-3)13-11-25/h5-13,21H,4,14-20,23H2,1-3H3/b30-21-. The second kappa shape index (κ2) is 14.2. The lowest BCUT2D eigenvalue weighted by Crippen LogP contribution is -2.48. The van der Waals surface area contributed by atoms with E-state index in [2.05, 4.69) is 40.1 Å². The predicted molar refractivity (Wildman–Crippen MR) is 181 cm³/mol. The number of ether oxygens (including phenoxy) is 1. The number of hydrogen-bond acceptors (Lipinski definition) is 8. The summed E-state index contributed by atoms with van der Waals surface area (Å²) in [5, 5.41) is 9.99. The summed E-state index contributed by atoms with van der Waals surface area (Å²) in [6.07, 6.45) is 3.24. The first-order chi connectivity index (χ1) is 21.3. The Labute approximate surface area is 268 Å². The molecule has 0 radical (unpaired) electrons. The molecule has 0 unspecified atom stereocenters. The maximum Gasteiger partial charge on any atom is 0.270 e. The summed E-state index contributed by atoms with van der Waals surface area (Å²) in [5.74, 6) is 1.40. The molecule has 2 aliphatic rings. The van der Waals surface area contributed by atoms with Crippen molar-refractivity contribution in [1.29, 1.82) is 5.26 Å². The van der Waals surface area contributed by atoms with E-state index < -0.39 is 0 Å². The minimum Gasteiger partial charge on any atom is -0.497 e. The number of nitrogens with zero attached hydrogens (tertiary/aromatic N) is 5. The SMILES string of the molecule is CCCn1c(N2CCN(Cc3ccccc3)CC2)c(/C=C2\SC(=S)N(CCc3ccc(OC)cc3)C2=O)c(C)c(C#N)c1=O. The van der Waals surface area contributed by atoms with E-state index >= 15 is 0 Å². The number of carbonyl (C=O) groups excluding carboxylic acids is 1. The van der Waals surface area contributed by atoms with Crippen LogP contribution in [0.25, 0.3) is 6.08 Å². The summed E-state index contributed by atoms with van der Waals surface area (Å²) in [4.78, 5) is 34.0. The van der Waals surface area contributed by atoms with E-state index in [4.69, 9.17) is 17.0 Å². The number of anilines is 1. The van der Waals surface area contributed by atoms with Crippen LogP contribution in [0.3, 0.4) is 0 Å². The molecule has 0 atom stereocenters. The number of thiocarbonyl (C=S) groups is 1. The molecule has 0 saturated carbocycles. The molecule has 2 aromatic carbocycles. The molecule has 2 fully saturated rings. The van der Waals surface area contributed by atoms with Crippen LogP contribution in [0, 0.1) is 18.3 Å². The maximum absolute atomic E-state index is 13.7. The Morgan fingerprint density at radius 2 is 1.70 bits per heavy atom. The van der Waals surface area contributed by atoms with Gasteiger partial charge in [0.2, 0.25) is 0 Å². The Kier molecular flexibility index (Phi) is 10.2. The van der Waals surface area contributed by atoms with Crippen LogP contribution in [-0.4, -0.2) is 64.4 Å². The number of rotatable bonds is 10. The summed E-state index contributed by atoms with van der Waals surface area (Å²) in [7, 11) is 1.63. The van der Waals surface area contributed by atoms with E-state index in [0.717, 1.165) is 61.8 Å². The van der Waals surface area contributed by atoms with Gasteiger partial charge in [0.15, 0.2) is 0 Å². The Morgan fingerprint density at radius 1 is 1.00 bits per heavy atom. The highest BCUT2D eigenvalue weighted by molar-refractivity contribution is 8.26. The van der Waals surface area contributed by atoms with Crippen molar-refractivity contribution in [2.75, 3.05) is 44.7 Å². The van der Waals surface area contributed by atoms with Crippen LogP contribution in [-0.2, 0) is 24.3 Å². The molecule has 2 aliphatic heterocycles. The molecule has 3 heterocycles. The van der Waals surface area contributed by atoms with Crippen LogP contribution < -0.4 is 15.2 Å². The van der Waals surface area contributed by atoms with Crippen LogP contribution in [0.4, 0.5) is 5.82 Å². The summed E-state index contributed by atoms with van der Waals surface area (Å²) in [5.41, 5.74) is 3.52. The number of benzene rings is 2. The first-order valence-corrected chi connectivity index (χ1v) is 16.1. The van der Waals surface area contributed by atoms with Crippen LogP contribution in [0.2, 0.25) is 0 Å². The average Bonchev–Trinajstić information content (AvgIpc) is 3.31. The van der Waals surface area contributed by atoms with Crippen LogP contribution >= 0.6 is 24.0 Å². The van der Waals surface area contributed by atoms with Crippen molar-refractivity contribution in [1.82, 2.24) is 14.4 Å². The third kappa shape index (κ3) is 6.75. The lowest BCUT2D eigenvalue weighted by Gasteiger charge is -2.38. The van der Waals surface area contributed by atoms with Gasteiger partial charge in [0, 0.05) is 51.4 Å². The highest BCUT2D eigenvalue weighted by Gasteiger charge is 2.33. The Bertz CT molecular complexity index is 1650. The molecule has 0 aliphatic carbocycles. The summed E-state index contributed by atoms with van der Waals surface area (Å²) in [6.45, 7) is 8.77. The molecule has 228 valence electrons. The quantitative estimate of drug-likeness (QED) is 0.224. The van der Waals surface area contributed by atoms with Crippen molar-refractivity contribution in [3.63, 3.8) is 0 Å². The monoisotopic (exact) mass is 627 g/mol. The van der Waals surface area contributed by atoms with Crippen molar-refractivity contribution in [3.8, 4) is 11.8 Å². The number of piperazine rings is 1. The Morgan fingerprint density at radius 3 is 2.34 bits per heavy atom. The smallest absolute Gasteiger partial charge is 0.270 e. The van der Waals surface area contributed by atoms with E-state index in [1.807, 2.05) is 50.3 Å². The highest BCUT2D eigenvalue weighted by atomic mass is 32.2. The molecular formula is C34H37N5O3S2. The molecule has 0 bridgehead atoms. The molecule has 0 N–H and O–H groups in total. The molecular weight excluding hydrogens is 591 g/mol. The van der Waals surface area contributed by atoms with E-state index in [1.165, 1.54) is 17.3 Å². The third-order valence-electron chi connectivity index (χ3n) is 8.15. The normalized spacial score (nSPS) is 16.5. The molecule has 3 aromatic rings. The zero-order valence-electron chi connectivity index (χ0n) is 25.4. The van der Waals surface area contributed by atoms with Crippen molar-refractivity contribution < 1.29 is 9.53 Å². The van der Waals surface area contributed by atoms with Crippen molar-refractivity contribution in [3.05, 3.63) is 97.7 Å². The summed E-state index contributed by atoms with van der Waals surface area (Å²) < 4.78 is 7.48. The fourth-order valence-corrected chi connectivity index (χ4v) is 7.02. The van der Waals surface area contributed by atoms with Gasteiger partial charge in [-0.3, -0.25) is 24.0 Å². The highest BCUT2D eigenvalue weighted by Crippen LogP contribution is 2.36. The number of hydrogen-bond donors (Lipinski definition) is 0. The van der Waals surface area contributed by atoms with Crippen LogP contribution in [0.5, 0.6) is 5.75 Å².